The summed E-state index contributed by atoms with van der Waals surface area (Å²) in [6, 6.07) is 12.1. The van der Waals surface area contributed by atoms with Crippen molar-refractivity contribution in [1.29, 1.82) is 0 Å². The van der Waals surface area contributed by atoms with Crippen molar-refractivity contribution < 1.29 is 22.9 Å². The number of para-hydroxylation sites is 1. The molecule has 3 aromatic rings. The van der Waals surface area contributed by atoms with Gasteiger partial charge < -0.3 is 13.9 Å². The smallest absolute Gasteiger partial charge is 0.298 e. The molecule has 0 radical (unpaired) electrons. The topological polar surface area (TPSA) is 77.8 Å². The molecule has 0 aliphatic rings. The van der Waals surface area contributed by atoms with Gasteiger partial charge in [-0.15, -0.1) is 0 Å². The number of furan rings is 1. The average Bonchev–Trinajstić information content (AvgIpc) is 3.05. The van der Waals surface area contributed by atoms with E-state index >= 15 is 0 Å². The Balaban J connectivity index is 1.86. The van der Waals surface area contributed by atoms with Crippen molar-refractivity contribution in [1.82, 2.24) is 4.72 Å². The van der Waals surface area contributed by atoms with Crippen LogP contribution in [-0.2, 0) is 11.0 Å². The molecule has 2 aromatic carbocycles. The minimum Gasteiger partial charge on any atom is -0.496 e. The first kappa shape index (κ1) is 18.0. The maximum atomic E-state index is 12.5. The zero-order chi connectivity index (χ0) is 18.7. The van der Waals surface area contributed by atoms with E-state index in [9.17, 15) is 9.00 Å². The predicted molar refractivity (Wildman–Crippen MR) is 99.0 cm³/mol. The summed E-state index contributed by atoms with van der Waals surface area (Å²) in [6.45, 7) is 4.18. The molecule has 136 valence electrons. The molecule has 0 aliphatic heterocycles. The van der Waals surface area contributed by atoms with Gasteiger partial charge in [0.05, 0.1) is 19.1 Å². The number of nitrogens with one attached hydrogen (secondary N) is 1. The van der Waals surface area contributed by atoms with Gasteiger partial charge in [0, 0.05) is 6.07 Å². The lowest BCUT2D eigenvalue weighted by atomic mass is 10.1. The lowest BCUT2D eigenvalue weighted by Gasteiger charge is -2.09. The standard InChI is InChI=1S/C19H19NO5S/c1-4-24-14-7-5-6-8-18(14)26(22)20-19(21)17-11-13-15(23-3)9-12(2)10-16(13)25-17/h5-11H,4H2,1-3H3,(H,20,21). The highest BCUT2D eigenvalue weighted by Crippen LogP contribution is 2.30. The van der Waals surface area contributed by atoms with Crippen LogP contribution >= 0.6 is 0 Å². The number of carbonyl (C=O) groups excluding carboxylic acids is 1. The maximum Gasteiger partial charge on any atom is 0.298 e. The highest BCUT2D eigenvalue weighted by Gasteiger charge is 2.19. The van der Waals surface area contributed by atoms with Crippen LogP contribution in [0.15, 0.2) is 51.8 Å². The third-order valence-corrected chi connectivity index (χ3v) is 4.83. The van der Waals surface area contributed by atoms with E-state index in [1.807, 2.05) is 26.0 Å². The molecule has 0 fully saturated rings. The van der Waals surface area contributed by atoms with Crippen molar-refractivity contribution in [3.63, 3.8) is 0 Å². The van der Waals surface area contributed by atoms with Crippen LogP contribution in [0, 0.1) is 6.92 Å². The Bertz CT molecular complexity index is 979. The van der Waals surface area contributed by atoms with Crippen LogP contribution in [-0.4, -0.2) is 23.8 Å². The number of fused-ring (bicyclic) bond motifs is 1. The summed E-state index contributed by atoms with van der Waals surface area (Å²) < 4.78 is 31.4. The molecule has 1 atom stereocenters. The number of hydrogen-bond acceptors (Lipinski definition) is 5. The Hall–Kier alpha value is -2.80. The van der Waals surface area contributed by atoms with Crippen molar-refractivity contribution in [3.8, 4) is 11.5 Å². The van der Waals surface area contributed by atoms with Crippen molar-refractivity contribution in [3.05, 3.63) is 53.8 Å². The average molecular weight is 373 g/mol. The molecular formula is C19H19NO5S. The van der Waals surface area contributed by atoms with Crippen molar-refractivity contribution in [2.45, 2.75) is 18.7 Å². The van der Waals surface area contributed by atoms with E-state index in [1.54, 1.807) is 37.4 Å². The Labute approximate surface area is 153 Å². The molecule has 7 heteroatoms. The summed E-state index contributed by atoms with van der Waals surface area (Å²) in [7, 11) is -0.220. The summed E-state index contributed by atoms with van der Waals surface area (Å²) in [5.74, 6) is 0.567. The van der Waals surface area contributed by atoms with Gasteiger partial charge in [0.2, 0.25) is 0 Å². The van der Waals surface area contributed by atoms with Crippen LogP contribution in [0.2, 0.25) is 0 Å². The first-order chi connectivity index (χ1) is 12.5. The first-order valence-electron chi connectivity index (χ1n) is 8.06. The predicted octanol–water partition coefficient (Wildman–Crippen LogP) is 3.60. The minimum atomic E-state index is -1.78. The minimum absolute atomic E-state index is 0.0612. The molecule has 0 bridgehead atoms. The lowest BCUT2D eigenvalue weighted by Crippen LogP contribution is -2.25. The van der Waals surface area contributed by atoms with E-state index in [2.05, 4.69) is 4.72 Å². The van der Waals surface area contributed by atoms with Crippen LogP contribution in [0.1, 0.15) is 23.0 Å². The van der Waals surface area contributed by atoms with Gasteiger partial charge in [-0.3, -0.25) is 9.52 Å². The summed E-state index contributed by atoms with van der Waals surface area (Å²) in [6.07, 6.45) is 0. The fourth-order valence-electron chi connectivity index (χ4n) is 2.59. The Morgan fingerprint density at radius 3 is 2.69 bits per heavy atom. The zero-order valence-corrected chi connectivity index (χ0v) is 15.5. The largest absolute Gasteiger partial charge is 0.496 e. The fourth-order valence-corrected chi connectivity index (χ4v) is 3.48. The molecule has 0 aliphatic carbocycles. The summed E-state index contributed by atoms with van der Waals surface area (Å²) in [4.78, 5) is 12.9. The number of amides is 1. The van der Waals surface area contributed by atoms with Gasteiger partial charge >= 0.3 is 0 Å². The highest BCUT2D eigenvalue weighted by molar-refractivity contribution is 7.83. The molecule has 6 nitrogen and oxygen atoms in total. The quantitative estimate of drug-likeness (QED) is 0.714. The fraction of sp³-hybridized carbons (Fsp3) is 0.211. The number of aryl methyl sites for hydroxylation is 1. The van der Waals surface area contributed by atoms with Crippen molar-refractivity contribution >= 4 is 27.9 Å². The monoisotopic (exact) mass is 373 g/mol. The number of ether oxygens (including phenoxy) is 2. The first-order valence-corrected chi connectivity index (χ1v) is 9.21. The molecule has 0 saturated heterocycles. The van der Waals surface area contributed by atoms with Gasteiger partial charge in [-0.1, -0.05) is 12.1 Å². The molecule has 1 N–H and O–H groups in total. The Morgan fingerprint density at radius 1 is 1.19 bits per heavy atom. The number of benzene rings is 2. The zero-order valence-electron chi connectivity index (χ0n) is 14.7. The third kappa shape index (κ3) is 3.57. The molecular weight excluding hydrogens is 354 g/mol. The van der Waals surface area contributed by atoms with E-state index in [-0.39, 0.29) is 5.76 Å². The summed E-state index contributed by atoms with van der Waals surface area (Å²) in [5, 5.41) is 0.684. The second-order valence-electron chi connectivity index (χ2n) is 5.57. The third-order valence-electron chi connectivity index (χ3n) is 3.72. The molecule has 1 unspecified atom stereocenters. The number of hydrogen-bond donors (Lipinski definition) is 1. The number of rotatable bonds is 6. The van der Waals surface area contributed by atoms with Gasteiger partial charge in [0.1, 0.15) is 22.0 Å². The number of methoxy groups -OCH3 is 1. The Kier molecular flexibility index (Phi) is 5.27. The molecule has 0 saturated carbocycles. The second-order valence-corrected chi connectivity index (χ2v) is 6.75. The molecule has 26 heavy (non-hydrogen) atoms. The van der Waals surface area contributed by atoms with Gasteiger partial charge in [-0.2, -0.15) is 0 Å². The van der Waals surface area contributed by atoms with Crippen LogP contribution in [0.3, 0.4) is 0 Å². The van der Waals surface area contributed by atoms with Crippen molar-refractivity contribution in [2.24, 2.45) is 0 Å². The van der Waals surface area contributed by atoms with E-state index in [1.165, 1.54) is 0 Å². The normalized spacial score (nSPS) is 12.0. The van der Waals surface area contributed by atoms with Crippen LogP contribution in [0.4, 0.5) is 0 Å². The van der Waals surface area contributed by atoms with E-state index in [4.69, 9.17) is 13.9 Å². The summed E-state index contributed by atoms with van der Waals surface area (Å²) >= 11 is 0. The highest BCUT2D eigenvalue weighted by atomic mass is 32.2. The molecule has 0 spiro atoms. The number of carbonyl (C=O) groups is 1. The van der Waals surface area contributed by atoms with Gasteiger partial charge in [0.25, 0.3) is 5.91 Å². The van der Waals surface area contributed by atoms with E-state index in [0.717, 1.165) is 5.56 Å². The molecule has 3 rings (SSSR count). The Morgan fingerprint density at radius 2 is 1.96 bits per heavy atom. The van der Waals surface area contributed by atoms with Crippen LogP contribution < -0.4 is 14.2 Å². The molecule has 1 aromatic heterocycles. The molecule has 1 amide bonds. The lowest BCUT2D eigenvalue weighted by molar-refractivity contribution is 0.0958. The van der Waals surface area contributed by atoms with Gasteiger partial charge in [-0.25, -0.2) is 4.21 Å². The van der Waals surface area contributed by atoms with E-state index in [0.29, 0.717) is 34.0 Å². The van der Waals surface area contributed by atoms with Gasteiger partial charge in [-0.05, 0) is 43.7 Å². The van der Waals surface area contributed by atoms with Crippen LogP contribution in [0.5, 0.6) is 11.5 Å². The molecule has 1 heterocycles. The van der Waals surface area contributed by atoms with Crippen molar-refractivity contribution in [2.75, 3.05) is 13.7 Å². The second kappa shape index (κ2) is 7.61. The maximum absolute atomic E-state index is 12.5. The van der Waals surface area contributed by atoms with Crippen LogP contribution in [0.25, 0.3) is 11.0 Å². The van der Waals surface area contributed by atoms with E-state index < -0.39 is 16.9 Å². The SMILES string of the molecule is CCOc1ccccc1S(=O)NC(=O)c1cc2c(OC)cc(C)cc2o1. The van der Waals surface area contributed by atoms with Gasteiger partial charge in [0.15, 0.2) is 16.7 Å². The summed E-state index contributed by atoms with van der Waals surface area (Å²) in [5.41, 5.74) is 1.48.